The lowest BCUT2D eigenvalue weighted by atomic mass is 10.2. The van der Waals surface area contributed by atoms with Gasteiger partial charge in [-0.05, 0) is 36.2 Å². The van der Waals surface area contributed by atoms with Crippen molar-refractivity contribution < 1.29 is 9.53 Å². The Balaban J connectivity index is 1.86. The van der Waals surface area contributed by atoms with Gasteiger partial charge in [0.15, 0.2) is 12.1 Å². The predicted molar refractivity (Wildman–Crippen MR) is 80.7 cm³/mol. The Hall–Kier alpha value is -2.62. The van der Waals surface area contributed by atoms with Gasteiger partial charge in [-0.2, -0.15) is 0 Å². The zero-order chi connectivity index (χ0) is 14.7. The van der Waals surface area contributed by atoms with Crippen LogP contribution >= 0.6 is 0 Å². The van der Waals surface area contributed by atoms with Crippen LogP contribution in [0.25, 0.3) is 5.52 Å². The average molecular weight is 280 g/mol. The molecule has 4 nitrogen and oxygen atoms in total. The fraction of sp³-hybridized carbons (Fsp3) is 0.176. The molecule has 0 saturated heterocycles. The van der Waals surface area contributed by atoms with E-state index in [-0.39, 0.29) is 0 Å². The van der Waals surface area contributed by atoms with Crippen molar-refractivity contribution >= 4 is 11.8 Å². The molecule has 106 valence electrons. The molecular formula is C17H16N2O2. The monoisotopic (exact) mass is 280 g/mol. The summed E-state index contributed by atoms with van der Waals surface area (Å²) in [6.07, 6.45) is 3.63. The van der Waals surface area contributed by atoms with Crippen molar-refractivity contribution in [2.24, 2.45) is 0 Å². The molecule has 0 aliphatic heterocycles. The number of benzene rings is 1. The summed E-state index contributed by atoms with van der Waals surface area (Å²) in [7, 11) is 0. The summed E-state index contributed by atoms with van der Waals surface area (Å²) in [4.78, 5) is 15.4. The van der Waals surface area contributed by atoms with E-state index in [1.54, 1.807) is 0 Å². The highest BCUT2D eigenvalue weighted by Crippen LogP contribution is 2.17. The third-order valence-electron chi connectivity index (χ3n) is 3.44. The zero-order valence-corrected chi connectivity index (χ0v) is 11.8. The Kier molecular flexibility index (Phi) is 3.69. The molecule has 0 spiro atoms. The molecule has 2 aromatic heterocycles. The molecule has 0 radical (unpaired) electrons. The molecule has 0 amide bonds. The highest BCUT2D eigenvalue weighted by atomic mass is 16.5. The molecule has 0 unspecified atom stereocenters. The minimum Gasteiger partial charge on any atom is -0.486 e. The Morgan fingerprint density at radius 2 is 2.14 bits per heavy atom. The number of rotatable bonds is 5. The Bertz CT molecular complexity index is 777. The van der Waals surface area contributed by atoms with E-state index < -0.39 is 0 Å². The number of pyridine rings is 1. The van der Waals surface area contributed by atoms with Crippen molar-refractivity contribution in [3.63, 3.8) is 0 Å². The van der Waals surface area contributed by atoms with Crippen molar-refractivity contribution in [2.45, 2.75) is 20.0 Å². The first-order chi connectivity index (χ1) is 10.3. The number of aryl methyl sites for hydroxylation is 1. The Labute approximate surface area is 123 Å². The van der Waals surface area contributed by atoms with E-state index in [2.05, 4.69) is 18.0 Å². The summed E-state index contributed by atoms with van der Waals surface area (Å²) in [5.74, 6) is 1.53. The predicted octanol–water partition coefficient (Wildman–Crippen LogP) is 3.29. The SMILES string of the molecule is CCc1cccc(OCc2nc(C=O)c3ccccn23)c1. The molecule has 4 heteroatoms. The first-order valence-corrected chi connectivity index (χ1v) is 6.94. The number of carbonyl (C=O) groups is 1. The lowest BCUT2D eigenvalue weighted by Crippen LogP contribution is -2.01. The van der Waals surface area contributed by atoms with Crippen LogP contribution in [0.5, 0.6) is 5.75 Å². The van der Waals surface area contributed by atoms with Gasteiger partial charge in [-0.25, -0.2) is 4.98 Å². The topological polar surface area (TPSA) is 43.6 Å². The van der Waals surface area contributed by atoms with E-state index in [1.165, 1.54) is 5.56 Å². The molecule has 0 atom stereocenters. The van der Waals surface area contributed by atoms with Gasteiger partial charge in [0.1, 0.15) is 18.1 Å². The number of hydrogen-bond donors (Lipinski definition) is 0. The van der Waals surface area contributed by atoms with Crippen molar-refractivity contribution in [3.05, 3.63) is 65.7 Å². The number of nitrogens with zero attached hydrogens (tertiary/aromatic N) is 2. The Morgan fingerprint density at radius 3 is 2.95 bits per heavy atom. The highest BCUT2D eigenvalue weighted by molar-refractivity contribution is 5.83. The second-order valence-corrected chi connectivity index (χ2v) is 4.78. The molecule has 3 rings (SSSR count). The van der Waals surface area contributed by atoms with Crippen molar-refractivity contribution in [1.82, 2.24) is 9.38 Å². The summed E-state index contributed by atoms with van der Waals surface area (Å²) >= 11 is 0. The van der Waals surface area contributed by atoms with Gasteiger partial charge in [0.2, 0.25) is 0 Å². The van der Waals surface area contributed by atoms with Gasteiger partial charge in [-0.3, -0.25) is 4.79 Å². The molecule has 0 bridgehead atoms. The van der Waals surface area contributed by atoms with Crippen molar-refractivity contribution in [1.29, 1.82) is 0 Å². The van der Waals surface area contributed by atoms with Crippen LogP contribution in [-0.2, 0) is 13.0 Å². The number of hydrogen-bond acceptors (Lipinski definition) is 3. The van der Waals surface area contributed by atoms with Crippen LogP contribution in [0.2, 0.25) is 0 Å². The minimum absolute atomic E-state index is 0.326. The number of aldehydes is 1. The molecule has 1 aromatic carbocycles. The van der Waals surface area contributed by atoms with Crippen LogP contribution in [0.3, 0.4) is 0 Å². The van der Waals surface area contributed by atoms with Crippen LogP contribution in [0.1, 0.15) is 28.8 Å². The van der Waals surface area contributed by atoms with Gasteiger partial charge in [0.25, 0.3) is 0 Å². The van der Waals surface area contributed by atoms with Gasteiger partial charge < -0.3 is 9.14 Å². The van der Waals surface area contributed by atoms with Crippen molar-refractivity contribution in [2.75, 3.05) is 0 Å². The maximum absolute atomic E-state index is 11.1. The maximum Gasteiger partial charge on any atom is 0.170 e. The number of imidazole rings is 1. The summed E-state index contributed by atoms with van der Waals surface area (Å²) in [5, 5.41) is 0. The van der Waals surface area contributed by atoms with E-state index in [0.29, 0.717) is 12.3 Å². The second-order valence-electron chi connectivity index (χ2n) is 4.78. The minimum atomic E-state index is 0.326. The van der Waals surface area contributed by atoms with E-state index in [0.717, 1.165) is 29.8 Å². The molecule has 0 aliphatic rings. The number of ether oxygens (including phenoxy) is 1. The van der Waals surface area contributed by atoms with Crippen LogP contribution in [0, 0.1) is 0 Å². The lowest BCUT2D eigenvalue weighted by molar-refractivity contribution is 0.112. The third-order valence-corrected chi connectivity index (χ3v) is 3.44. The summed E-state index contributed by atoms with van der Waals surface area (Å²) < 4.78 is 7.68. The van der Waals surface area contributed by atoms with Gasteiger partial charge in [-0.1, -0.05) is 25.1 Å². The first kappa shape index (κ1) is 13.4. The molecule has 3 aromatic rings. The largest absolute Gasteiger partial charge is 0.486 e. The van der Waals surface area contributed by atoms with Gasteiger partial charge in [-0.15, -0.1) is 0 Å². The quantitative estimate of drug-likeness (QED) is 0.674. The van der Waals surface area contributed by atoms with Crippen LogP contribution in [0.4, 0.5) is 0 Å². The number of aromatic nitrogens is 2. The molecule has 0 N–H and O–H groups in total. The molecule has 0 fully saturated rings. The lowest BCUT2D eigenvalue weighted by Gasteiger charge is -2.07. The average Bonchev–Trinajstić information content (AvgIpc) is 2.91. The van der Waals surface area contributed by atoms with E-state index in [9.17, 15) is 4.79 Å². The smallest absolute Gasteiger partial charge is 0.170 e. The molecule has 0 saturated carbocycles. The molecular weight excluding hydrogens is 264 g/mol. The summed E-state index contributed by atoms with van der Waals surface area (Å²) in [6.45, 7) is 2.43. The van der Waals surface area contributed by atoms with Crippen LogP contribution < -0.4 is 4.74 Å². The third kappa shape index (κ3) is 2.65. The van der Waals surface area contributed by atoms with Crippen LogP contribution in [-0.4, -0.2) is 15.7 Å². The maximum atomic E-state index is 11.1. The van der Waals surface area contributed by atoms with E-state index in [4.69, 9.17) is 4.74 Å². The second kappa shape index (κ2) is 5.79. The van der Waals surface area contributed by atoms with Crippen LogP contribution in [0.15, 0.2) is 48.7 Å². The normalized spacial score (nSPS) is 10.7. The molecule has 2 heterocycles. The summed E-state index contributed by atoms with van der Waals surface area (Å²) in [5.41, 5.74) is 2.47. The van der Waals surface area contributed by atoms with Gasteiger partial charge in [0.05, 0.1) is 5.52 Å². The standard InChI is InChI=1S/C17H16N2O2/c1-2-13-6-5-7-14(10-13)21-12-17-18-15(11-20)16-8-3-4-9-19(16)17/h3-11H,2,12H2,1H3. The fourth-order valence-corrected chi connectivity index (χ4v) is 2.32. The fourth-order valence-electron chi connectivity index (χ4n) is 2.32. The number of carbonyl (C=O) groups excluding carboxylic acids is 1. The number of fused-ring (bicyclic) bond motifs is 1. The summed E-state index contributed by atoms with van der Waals surface area (Å²) in [6, 6.07) is 13.7. The molecule has 0 aliphatic carbocycles. The highest BCUT2D eigenvalue weighted by Gasteiger charge is 2.10. The van der Waals surface area contributed by atoms with Crippen molar-refractivity contribution in [3.8, 4) is 5.75 Å². The zero-order valence-electron chi connectivity index (χ0n) is 11.8. The molecule has 21 heavy (non-hydrogen) atoms. The van der Waals surface area contributed by atoms with E-state index in [1.807, 2.05) is 47.0 Å². The van der Waals surface area contributed by atoms with E-state index >= 15 is 0 Å². The van der Waals surface area contributed by atoms with Gasteiger partial charge >= 0.3 is 0 Å². The Morgan fingerprint density at radius 1 is 1.24 bits per heavy atom. The first-order valence-electron chi connectivity index (χ1n) is 6.94. The van der Waals surface area contributed by atoms with Gasteiger partial charge in [0, 0.05) is 6.20 Å².